The van der Waals surface area contributed by atoms with Gasteiger partial charge in [-0.1, -0.05) is 11.6 Å². The SMILES string of the molecule is CNc1ccc(Cl)c(CSC)n1. The van der Waals surface area contributed by atoms with E-state index >= 15 is 0 Å². The van der Waals surface area contributed by atoms with Gasteiger partial charge in [0.15, 0.2) is 0 Å². The Labute approximate surface area is 81.7 Å². The molecule has 1 N–H and O–H groups in total. The Morgan fingerprint density at radius 3 is 2.92 bits per heavy atom. The van der Waals surface area contributed by atoms with Gasteiger partial charge in [-0.2, -0.15) is 11.8 Å². The molecular weight excluding hydrogens is 192 g/mol. The predicted molar refractivity (Wildman–Crippen MR) is 56.0 cm³/mol. The van der Waals surface area contributed by atoms with Gasteiger partial charge in [-0.3, -0.25) is 0 Å². The quantitative estimate of drug-likeness (QED) is 0.816. The van der Waals surface area contributed by atoms with Crippen LogP contribution in [0.2, 0.25) is 5.02 Å². The number of halogens is 1. The first kappa shape index (κ1) is 9.68. The normalized spacial score (nSPS) is 9.92. The lowest BCUT2D eigenvalue weighted by molar-refractivity contribution is 1.17. The zero-order chi connectivity index (χ0) is 8.97. The minimum Gasteiger partial charge on any atom is -0.373 e. The van der Waals surface area contributed by atoms with Crippen molar-refractivity contribution in [3.63, 3.8) is 0 Å². The Kier molecular flexibility index (Phi) is 3.69. The first-order valence-corrected chi connectivity index (χ1v) is 5.37. The molecule has 1 rings (SSSR count). The zero-order valence-electron chi connectivity index (χ0n) is 7.10. The second-order valence-electron chi connectivity index (χ2n) is 2.31. The molecule has 0 bridgehead atoms. The molecule has 0 fully saturated rings. The van der Waals surface area contributed by atoms with Crippen LogP contribution in [0.3, 0.4) is 0 Å². The monoisotopic (exact) mass is 202 g/mol. The van der Waals surface area contributed by atoms with Crippen molar-refractivity contribution >= 4 is 29.2 Å². The van der Waals surface area contributed by atoms with Crippen LogP contribution in [0.4, 0.5) is 5.82 Å². The molecule has 4 heteroatoms. The molecule has 66 valence electrons. The third-order valence-corrected chi connectivity index (χ3v) is 2.36. The molecular formula is C8H11ClN2S. The molecule has 0 saturated carbocycles. The Morgan fingerprint density at radius 2 is 2.33 bits per heavy atom. The molecule has 0 aliphatic heterocycles. The molecule has 0 spiro atoms. The van der Waals surface area contributed by atoms with Gasteiger partial charge in [0, 0.05) is 12.8 Å². The summed E-state index contributed by atoms with van der Waals surface area (Å²) in [6.45, 7) is 0. The predicted octanol–water partition coefficient (Wildman–Crippen LogP) is 2.64. The van der Waals surface area contributed by atoms with Gasteiger partial charge < -0.3 is 5.32 Å². The summed E-state index contributed by atoms with van der Waals surface area (Å²) in [4.78, 5) is 4.32. The lowest BCUT2D eigenvalue weighted by Crippen LogP contribution is -1.95. The zero-order valence-corrected chi connectivity index (χ0v) is 8.67. The maximum absolute atomic E-state index is 5.93. The minimum atomic E-state index is 0.739. The van der Waals surface area contributed by atoms with E-state index in [0.29, 0.717) is 0 Å². The van der Waals surface area contributed by atoms with E-state index in [2.05, 4.69) is 10.3 Å². The molecule has 0 aliphatic rings. The maximum Gasteiger partial charge on any atom is 0.126 e. The van der Waals surface area contributed by atoms with Crippen LogP contribution in [0.1, 0.15) is 5.69 Å². The van der Waals surface area contributed by atoms with Gasteiger partial charge in [0.25, 0.3) is 0 Å². The molecule has 1 heterocycles. The summed E-state index contributed by atoms with van der Waals surface area (Å²) in [5.41, 5.74) is 0.941. The molecule has 0 saturated heterocycles. The van der Waals surface area contributed by atoms with E-state index in [-0.39, 0.29) is 0 Å². The van der Waals surface area contributed by atoms with Crippen LogP contribution in [-0.4, -0.2) is 18.3 Å². The van der Waals surface area contributed by atoms with Crippen LogP contribution in [0.15, 0.2) is 12.1 Å². The summed E-state index contributed by atoms with van der Waals surface area (Å²) in [7, 11) is 1.85. The largest absolute Gasteiger partial charge is 0.373 e. The van der Waals surface area contributed by atoms with Crippen molar-refractivity contribution in [3.05, 3.63) is 22.8 Å². The average molecular weight is 203 g/mol. The third-order valence-electron chi connectivity index (χ3n) is 1.46. The molecule has 1 aromatic rings. The second-order valence-corrected chi connectivity index (χ2v) is 3.58. The summed E-state index contributed by atoms with van der Waals surface area (Å²) in [5, 5.41) is 3.71. The summed E-state index contributed by atoms with van der Waals surface area (Å²) >= 11 is 7.64. The minimum absolute atomic E-state index is 0.739. The Hall–Kier alpha value is -0.410. The van der Waals surface area contributed by atoms with Gasteiger partial charge in [0.2, 0.25) is 0 Å². The van der Waals surface area contributed by atoms with Gasteiger partial charge in [-0.25, -0.2) is 4.98 Å². The van der Waals surface area contributed by atoms with E-state index < -0.39 is 0 Å². The van der Waals surface area contributed by atoms with Crippen molar-refractivity contribution < 1.29 is 0 Å². The van der Waals surface area contributed by atoms with Gasteiger partial charge in [0.1, 0.15) is 5.82 Å². The van der Waals surface area contributed by atoms with Crippen LogP contribution < -0.4 is 5.32 Å². The molecule has 0 amide bonds. The number of pyridine rings is 1. The summed E-state index contributed by atoms with van der Waals surface area (Å²) in [6, 6.07) is 3.73. The van der Waals surface area contributed by atoms with Crippen molar-refractivity contribution in [2.24, 2.45) is 0 Å². The van der Waals surface area contributed by atoms with Crippen molar-refractivity contribution in [2.75, 3.05) is 18.6 Å². The standard InChI is InChI=1S/C8H11ClN2S/c1-10-8-4-3-6(9)7(11-8)5-12-2/h3-4H,5H2,1-2H3,(H,10,11). The molecule has 12 heavy (non-hydrogen) atoms. The van der Waals surface area contributed by atoms with Gasteiger partial charge in [-0.05, 0) is 18.4 Å². The maximum atomic E-state index is 5.93. The van der Waals surface area contributed by atoms with Crippen molar-refractivity contribution in [3.8, 4) is 0 Å². The number of hydrogen-bond acceptors (Lipinski definition) is 3. The number of rotatable bonds is 3. The Bertz CT molecular complexity index is 265. The van der Waals surface area contributed by atoms with E-state index in [1.54, 1.807) is 11.8 Å². The highest BCUT2D eigenvalue weighted by Crippen LogP contribution is 2.19. The van der Waals surface area contributed by atoms with E-state index in [1.165, 1.54) is 0 Å². The highest BCUT2D eigenvalue weighted by molar-refractivity contribution is 7.97. The highest BCUT2D eigenvalue weighted by atomic mass is 35.5. The molecule has 1 aromatic heterocycles. The van der Waals surface area contributed by atoms with E-state index in [0.717, 1.165) is 22.3 Å². The average Bonchev–Trinajstić information content (AvgIpc) is 2.09. The van der Waals surface area contributed by atoms with Gasteiger partial charge >= 0.3 is 0 Å². The van der Waals surface area contributed by atoms with Gasteiger partial charge in [-0.15, -0.1) is 0 Å². The summed E-state index contributed by atoms with van der Waals surface area (Å²) in [5.74, 6) is 1.72. The summed E-state index contributed by atoms with van der Waals surface area (Å²) < 4.78 is 0. The van der Waals surface area contributed by atoms with Crippen LogP contribution >= 0.6 is 23.4 Å². The second kappa shape index (κ2) is 4.58. The molecule has 2 nitrogen and oxygen atoms in total. The smallest absolute Gasteiger partial charge is 0.126 e. The molecule has 0 atom stereocenters. The van der Waals surface area contributed by atoms with Gasteiger partial charge in [0.05, 0.1) is 10.7 Å². The fourth-order valence-electron chi connectivity index (χ4n) is 0.862. The molecule has 0 radical (unpaired) electrons. The van der Waals surface area contributed by atoms with E-state index in [1.807, 2.05) is 25.4 Å². The summed E-state index contributed by atoms with van der Waals surface area (Å²) in [6.07, 6.45) is 2.03. The van der Waals surface area contributed by atoms with E-state index in [9.17, 15) is 0 Å². The van der Waals surface area contributed by atoms with Crippen LogP contribution in [0.25, 0.3) is 0 Å². The number of aromatic nitrogens is 1. The number of nitrogens with zero attached hydrogens (tertiary/aromatic N) is 1. The lowest BCUT2D eigenvalue weighted by atomic mass is 10.3. The molecule has 0 unspecified atom stereocenters. The number of nitrogens with one attached hydrogen (secondary N) is 1. The van der Waals surface area contributed by atoms with Crippen LogP contribution in [-0.2, 0) is 5.75 Å². The number of hydrogen-bond donors (Lipinski definition) is 1. The topological polar surface area (TPSA) is 24.9 Å². The fraction of sp³-hybridized carbons (Fsp3) is 0.375. The van der Waals surface area contributed by atoms with Crippen molar-refractivity contribution in [1.82, 2.24) is 4.98 Å². The number of anilines is 1. The van der Waals surface area contributed by atoms with Crippen molar-refractivity contribution in [1.29, 1.82) is 0 Å². The van der Waals surface area contributed by atoms with Crippen LogP contribution in [0.5, 0.6) is 0 Å². The lowest BCUT2D eigenvalue weighted by Gasteiger charge is -2.04. The highest BCUT2D eigenvalue weighted by Gasteiger charge is 2.01. The molecule has 0 aromatic carbocycles. The van der Waals surface area contributed by atoms with Crippen LogP contribution in [0, 0.1) is 0 Å². The third kappa shape index (κ3) is 2.29. The Morgan fingerprint density at radius 1 is 1.58 bits per heavy atom. The first-order chi connectivity index (χ1) is 5.77. The fourth-order valence-corrected chi connectivity index (χ4v) is 1.61. The Balaban J connectivity index is 2.91. The number of thioether (sulfide) groups is 1. The molecule has 0 aliphatic carbocycles. The first-order valence-electron chi connectivity index (χ1n) is 3.60. The van der Waals surface area contributed by atoms with Crippen molar-refractivity contribution in [2.45, 2.75) is 5.75 Å². The van der Waals surface area contributed by atoms with E-state index in [4.69, 9.17) is 11.6 Å².